The summed E-state index contributed by atoms with van der Waals surface area (Å²) in [6, 6.07) is 10.5. The first-order valence-electron chi connectivity index (χ1n) is 9.49. The van der Waals surface area contributed by atoms with Crippen LogP contribution >= 0.6 is 35.0 Å². The first-order chi connectivity index (χ1) is 15.4. The molecule has 1 aliphatic heterocycles. The Bertz CT molecular complexity index is 1080. The first kappa shape index (κ1) is 23.9. The molecule has 3 rings (SSSR count). The number of carbonyl (C=O) groups is 2. The van der Waals surface area contributed by atoms with Crippen LogP contribution in [-0.2, 0) is 16.2 Å². The van der Waals surface area contributed by atoms with Crippen LogP contribution < -0.4 is 14.8 Å². The van der Waals surface area contributed by atoms with Gasteiger partial charge in [0.05, 0.1) is 19.2 Å². The van der Waals surface area contributed by atoms with E-state index in [2.05, 4.69) is 15.5 Å². The van der Waals surface area contributed by atoms with E-state index in [-0.39, 0.29) is 18.2 Å². The molecule has 0 aromatic heterocycles. The van der Waals surface area contributed by atoms with E-state index < -0.39 is 17.1 Å². The predicted octanol–water partition coefficient (Wildman–Crippen LogP) is 4.37. The van der Waals surface area contributed by atoms with Crippen LogP contribution in [0, 0.1) is 0 Å². The standard InChI is InChI=1S/C21H19Cl2N3O5S/c1-2-30-17-7-12(10-24-26-21-25-20(29)18(32-21)9-19(27)28)3-6-16(17)31-11-13-4-5-14(22)8-15(13)23/h3-8,10,18H,2,9,11H2,1H3,(H,27,28)(H,25,26,29)/b24-10+. The molecule has 11 heteroatoms. The molecule has 0 saturated carbocycles. The normalized spacial score (nSPS) is 17.0. The number of thioether (sulfide) groups is 1. The molecule has 1 heterocycles. The number of hydrogen-bond donors (Lipinski definition) is 2. The minimum Gasteiger partial charge on any atom is -0.490 e. The van der Waals surface area contributed by atoms with Crippen molar-refractivity contribution in [2.24, 2.45) is 10.2 Å². The smallest absolute Gasteiger partial charge is 0.305 e. The van der Waals surface area contributed by atoms with Gasteiger partial charge in [0.15, 0.2) is 16.7 Å². The van der Waals surface area contributed by atoms with Crippen LogP contribution in [0.3, 0.4) is 0 Å². The number of benzene rings is 2. The SMILES string of the molecule is CCOc1cc(/C=N/N=C2NC(=O)C(CC(=O)O)S2)ccc1OCc1ccc(Cl)cc1Cl. The van der Waals surface area contributed by atoms with E-state index in [9.17, 15) is 9.59 Å². The Hall–Kier alpha value is -2.75. The van der Waals surface area contributed by atoms with Crippen molar-refractivity contribution in [2.75, 3.05) is 6.61 Å². The first-order valence-corrected chi connectivity index (χ1v) is 11.1. The molecule has 8 nitrogen and oxygen atoms in total. The molecule has 1 aliphatic rings. The van der Waals surface area contributed by atoms with Gasteiger partial charge in [-0.3, -0.25) is 9.59 Å². The van der Waals surface area contributed by atoms with Crippen LogP contribution in [0.1, 0.15) is 24.5 Å². The number of halogens is 2. The van der Waals surface area contributed by atoms with Gasteiger partial charge >= 0.3 is 5.97 Å². The Morgan fingerprint density at radius 3 is 2.75 bits per heavy atom. The fourth-order valence-corrected chi connectivity index (χ4v) is 4.06. The van der Waals surface area contributed by atoms with Crippen LogP contribution in [0.15, 0.2) is 46.6 Å². The second kappa shape index (κ2) is 11.2. The molecule has 2 N–H and O–H groups in total. The van der Waals surface area contributed by atoms with Crippen LogP contribution in [0.25, 0.3) is 0 Å². The Morgan fingerprint density at radius 1 is 1.22 bits per heavy atom. The molecular weight excluding hydrogens is 477 g/mol. The highest BCUT2D eigenvalue weighted by Crippen LogP contribution is 2.30. The zero-order chi connectivity index (χ0) is 23.1. The van der Waals surface area contributed by atoms with Crippen molar-refractivity contribution in [3.8, 4) is 11.5 Å². The van der Waals surface area contributed by atoms with Crippen LogP contribution in [0.5, 0.6) is 11.5 Å². The maximum absolute atomic E-state index is 11.7. The molecule has 1 amide bonds. The van der Waals surface area contributed by atoms with Gasteiger partial charge < -0.3 is 19.9 Å². The third-order valence-electron chi connectivity index (χ3n) is 4.16. The average molecular weight is 496 g/mol. The highest BCUT2D eigenvalue weighted by Gasteiger charge is 2.32. The number of carboxylic acids is 1. The van der Waals surface area contributed by atoms with Gasteiger partial charge in [-0.25, -0.2) is 0 Å². The fourth-order valence-electron chi connectivity index (χ4n) is 2.68. The maximum Gasteiger partial charge on any atom is 0.305 e. The van der Waals surface area contributed by atoms with E-state index in [4.69, 9.17) is 37.8 Å². The van der Waals surface area contributed by atoms with E-state index in [1.807, 2.05) is 6.92 Å². The Balaban J connectivity index is 1.67. The molecule has 0 bridgehead atoms. The quantitative estimate of drug-likeness (QED) is 0.394. The summed E-state index contributed by atoms with van der Waals surface area (Å²) in [5.74, 6) is -0.380. The summed E-state index contributed by atoms with van der Waals surface area (Å²) in [6.07, 6.45) is 1.21. The summed E-state index contributed by atoms with van der Waals surface area (Å²) in [5, 5.41) is 19.9. The number of carboxylic acid groups (broad SMARTS) is 1. The zero-order valence-corrected chi connectivity index (χ0v) is 19.2. The van der Waals surface area contributed by atoms with Gasteiger partial charge in [-0.05, 0) is 42.8 Å². The summed E-state index contributed by atoms with van der Waals surface area (Å²) in [6.45, 7) is 2.54. The van der Waals surface area contributed by atoms with E-state index in [0.717, 1.165) is 17.3 Å². The van der Waals surface area contributed by atoms with E-state index in [1.54, 1.807) is 36.4 Å². The van der Waals surface area contributed by atoms with Gasteiger partial charge in [0.2, 0.25) is 5.91 Å². The molecule has 2 aromatic rings. The maximum atomic E-state index is 11.7. The summed E-state index contributed by atoms with van der Waals surface area (Å²) in [4.78, 5) is 22.5. The predicted molar refractivity (Wildman–Crippen MR) is 125 cm³/mol. The van der Waals surface area contributed by atoms with Gasteiger partial charge in [-0.2, -0.15) is 5.10 Å². The van der Waals surface area contributed by atoms with Gasteiger partial charge in [0.1, 0.15) is 11.9 Å². The number of amidine groups is 1. The number of carbonyl (C=O) groups excluding carboxylic acids is 1. The molecule has 32 heavy (non-hydrogen) atoms. The second-order valence-corrected chi connectivity index (χ2v) is 8.54. The number of ether oxygens (including phenoxy) is 2. The monoisotopic (exact) mass is 495 g/mol. The van der Waals surface area contributed by atoms with Crippen molar-refractivity contribution < 1.29 is 24.2 Å². The lowest BCUT2D eigenvalue weighted by molar-refractivity contribution is -0.138. The fraction of sp³-hybridized carbons (Fsp3) is 0.238. The van der Waals surface area contributed by atoms with E-state index >= 15 is 0 Å². The van der Waals surface area contributed by atoms with Crippen LogP contribution in [0.4, 0.5) is 0 Å². The second-order valence-electron chi connectivity index (χ2n) is 6.51. The Morgan fingerprint density at radius 2 is 2.03 bits per heavy atom. The molecule has 168 valence electrons. The summed E-state index contributed by atoms with van der Waals surface area (Å²) >= 11 is 13.1. The molecule has 0 spiro atoms. The van der Waals surface area contributed by atoms with Crippen LogP contribution in [-0.4, -0.2) is 40.2 Å². The van der Waals surface area contributed by atoms with Gasteiger partial charge in [0, 0.05) is 15.6 Å². The van der Waals surface area contributed by atoms with Gasteiger partial charge in [-0.15, -0.1) is 5.10 Å². The molecule has 1 unspecified atom stereocenters. The largest absolute Gasteiger partial charge is 0.490 e. The molecule has 1 atom stereocenters. The number of aliphatic carboxylic acids is 1. The lowest BCUT2D eigenvalue weighted by Gasteiger charge is -2.13. The van der Waals surface area contributed by atoms with Crippen molar-refractivity contribution >= 4 is 58.2 Å². The summed E-state index contributed by atoms with van der Waals surface area (Å²) in [5.41, 5.74) is 1.49. The molecule has 1 saturated heterocycles. The zero-order valence-electron chi connectivity index (χ0n) is 16.9. The molecular formula is C21H19Cl2N3O5S. The highest BCUT2D eigenvalue weighted by atomic mass is 35.5. The van der Waals surface area contributed by atoms with Gasteiger partial charge in [0.25, 0.3) is 0 Å². The molecule has 0 radical (unpaired) electrons. The third kappa shape index (κ3) is 6.62. The third-order valence-corrected chi connectivity index (χ3v) is 5.82. The highest BCUT2D eigenvalue weighted by molar-refractivity contribution is 8.15. The number of amides is 1. The van der Waals surface area contributed by atoms with Gasteiger partial charge in [-0.1, -0.05) is 41.0 Å². The Labute approximate surface area is 198 Å². The number of nitrogens with one attached hydrogen (secondary N) is 1. The van der Waals surface area contributed by atoms with Crippen molar-refractivity contribution in [2.45, 2.75) is 25.2 Å². The van der Waals surface area contributed by atoms with E-state index in [1.165, 1.54) is 6.21 Å². The van der Waals surface area contributed by atoms with Crippen molar-refractivity contribution in [1.82, 2.24) is 5.32 Å². The topological polar surface area (TPSA) is 110 Å². The number of rotatable bonds is 9. The van der Waals surface area contributed by atoms with Crippen molar-refractivity contribution in [1.29, 1.82) is 0 Å². The van der Waals surface area contributed by atoms with E-state index in [0.29, 0.717) is 33.7 Å². The summed E-state index contributed by atoms with van der Waals surface area (Å²) in [7, 11) is 0. The molecule has 0 aliphatic carbocycles. The lowest BCUT2D eigenvalue weighted by Crippen LogP contribution is -2.26. The van der Waals surface area contributed by atoms with Crippen molar-refractivity contribution in [3.63, 3.8) is 0 Å². The number of nitrogens with zero attached hydrogens (tertiary/aromatic N) is 2. The summed E-state index contributed by atoms with van der Waals surface area (Å²) < 4.78 is 11.5. The molecule has 2 aromatic carbocycles. The molecule has 1 fully saturated rings. The minimum atomic E-state index is -1.05. The lowest BCUT2D eigenvalue weighted by atomic mass is 10.2. The number of hydrogen-bond acceptors (Lipinski definition) is 7. The van der Waals surface area contributed by atoms with Crippen LogP contribution in [0.2, 0.25) is 10.0 Å². The minimum absolute atomic E-state index is 0.242. The average Bonchev–Trinajstić information content (AvgIpc) is 3.07. The van der Waals surface area contributed by atoms with Crippen molar-refractivity contribution in [3.05, 3.63) is 57.6 Å². The Kier molecular flexibility index (Phi) is 8.38.